The van der Waals surface area contributed by atoms with Gasteiger partial charge in [0.15, 0.2) is 0 Å². The molecule has 0 aliphatic carbocycles. The number of rotatable bonds is 2. The standard InChI is InChI=1S/C13H8Cl2S/c14-10-7-5-9(6-8-10)13(16)11-3-1-2-4-12(11)15/h1-8H. The van der Waals surface area contributed by atoms with Crippen molar-refractivity contribution in [2.75, 3.05) is 0 Å². The van der Waals surface area contributed by atoms with E-state index in [9.17, 15) is 0 Å². The minimum atomic E-state index is 0.669. The van der Waals surface area contributed by atoms with Crippen LogP contribution in [0.5, 0.6) is 0 Å². The third kappa shape index (κ3) is 2.43. The first-order valence-electron chi connectivity index (χ1n) is 4.73. The molecule has 0 aromatic heterocycles. The summed E-state index contributed by atoms with van der Waals surface area (Å²) >= 11 is 17.3. The van der Waals surface area contributed by atoms with E-state index in [1.165, 1.54) is 0 Å². The van der Waals surface area contributed by atoms with Gasteiger partial charge in [-0.05, 0) is 23.8 Å². The van der Waals surface area contributed by atoms with E-state index in [4.69, 9.17) is 35.4 Å². The van der Waals surface area contributed by atoms with Gasteiger partial charge in [0.2, 0.25) is 0 Å². The maximum atomic E-state index is 6.09. The molecule has 0 saturated heterocycles. The first-order valence-corrected chi connectivity index (χ1v) is 5.89. The zero-order chi connectivity index (χ0) is 11.5. The highest BCUT2D eigenvalue weighted by molar-refractivity contribution is 7.81. The van der Waals surface area contributed by atoms with Gasteiger partial charge in [0.1, 0.15) is 0 Å². The van der Waals surface area contributed by atoms with Gasteiger partial charge in [0, 0.05) is 15.6 Å². The summed E-state index contributed by atoms with van der Waals surface area (Å²) in [6, 6.07) is 15.0. The quantitative estimate of drug-likeness (QED) is 0.558. The predicted molar refractivity (Wildman–Crippen MR) is 73.7 cm³/mol. The van der Waals surface area contributed by atoms with Crippen molar-refractivity contribution >= 4 is 40.3 Å². The normalized spacial score (nSPS) is 10.1. The molecule has 0 aliphatic heterocycles. The van der Waals surface area contributed by atoms with Crippen LogP contribution in [0.1, 0.15) is 11.1 Å². The molecule has 2 rings (SSSR count). The lowest BCUT2D eigenvalue weighted by atomic mass is 10.0. The minimum absolute atomic E-state index is 0.669. The van der Waals surface area contributed by atoms with Crippen molar-refractivity contribution in [2.45, 2.75) is 0 Å². The lowest BCUT2D eigenvalue weighted by Gasteiger charge is -2.06. The van der Waals surface area contributed by atoms with Crippen LogP contribution >= 0.6 is 35.4 Å². The Morgan fingerprint density at radius 2 is 1.50 bits per heavy atom. The zero-order valence-electron chi connectivity index (χ0n) is 8.28. The van der Waals surface area contributed by atoms with Crippen molar-refractivity contribution in [3.63, 3.8) is 0 Å². The van der Waals surface area contributed by atoms with Gasteiger partial charge >= 0.3 is 0 Å². The number of hydrogen-bond donors (Lipinski definition) is 0. The molecular formula is C13H8Cl2S. The summed E-state index contributed by atoms with van der Waals surface area (Å²) in [5.74, 6) is 0. The van der Waals surface area contributed by atoms with Gasteiger partial charge in [-0.1, -0.05) is 65.8 Å². The highest BCUT2D eigenvalue weighted by atomic mass is 35.5. The summed E-state index contributed by atoms with van der Waals surface area (Å²) < 4.78 is 0. The maximum absolute atomic E-state index is 6.09. The number of thiocarbonyl (C=S) groups is 1. The van der Waals surface area contributed by atoms with E-state index in [1.807, 2.05) is 48.5 Å². The van der Waals surface area contributed by atoms with Crippen LogP contribution in [0.3, 0.4) is 0 Å². The predicted octanol–water partition coefficient (Wildman–Crippen LogP) is 4.76. The van der Waals surface area contributed by atoms with E-state index in [0.29, 0.717) is 10.0 Å². The molecular weight excluding hydrogens is 259 g/mol. The lowest BCUT2D eigenvalue weighted by molar-refractivity contribution is 1.62. The Hall–Kier alpha value is -0.890. The second-order valence-electron chi connectivity index (χ2n) is 3.32. The van der Waals surface area contributed by atoms with Crippen molar-refractivity contribution in [1.29, 1.82) is 0 Å². The number of hydrogen-bond acceptors (Lipinski definition) is 1. The van der Waals surface area contributed by atoms with Crippen molar-refractivity contribution in [3.05, 3.63) is 69.7 Å². The van der Waals surface area contributed by atoms with Crippen molar-refractivity contribution in [3.8, 4) is 0 Å². The molecule has 0 radical (unpaired) electrons. The van der Waals surface area contributed by atoms with E-state index in [1.54, 1.807) is 0 Å². The highest BCUT2D eigenvalue weighted by Crippen LogP contribution is 2.21. The number of halogens is 2. The van der Waals surface area contributed by atoms with Crippen LogP contribution in [0.2, 0.25) is 10.0 Å². The fourth-order valence-electron chi connectivity index (χ4n) is 1.40. The van der Waals surface area contributed by atoms with Gasteiger partial charge in [0.05, 0.1) is 4.86 Å². The summed E-state index contributed by atoms with van der Waals surface area (Å²) in [6.45, 7) is 0. The topological polar surface area (TPSA) is 0 Å². The van der Waals surface area contributed by atoms with Crippen LogP contribution in [-0.2, 0) is 0 Å². The minimum Gasteiger partial charge on any atom is -0.0843 e. The fraction of sp³-hybridized carbons (Fsp3) is 0. The Labute approximate surface area is 110 Å². The second kappa shape index (κ2) is 4.96. The first-order chi connectivity index (χ1) is 7.68. The lowest BCUT2D eigenvalue weighted by Crippen LogP contribution is -1.99. The first kappa shape index (κ1) is 11.6. The molecule has 0 amide bonds. The summed E-state index contributed by atoms with van der Waals surface area (Å²) in [5, 5.41) is 1.37. The molecule has 0 fully saturated rings. The molecule has 16 heavy (non-hydrogen) atoms. The van der Waals surface area contributed by atoms with Gasteiger partial charge in [-0.2, -0.15) is 0 Å². The molecule has 0 nitrogen and oxygen atoms in total. The zero-order valence-corrected chi connectivity index (χ0v) is 10.6. The van der Waals surface area contributed by atoms with Crippen LogP contribution in [-0.4, -0.2) is 4.86 Å². The Morgan fingerprint density at radius 1 is 0.875 bits per heavy atom. The molecule has 0 heterocycles. The molecule has 0 atom stereocenters. The van der Waals surface area contributed by atoms with Crippen LogP contribution in [0, 0.1) is 0 Å². The van der Waals surface area contributed by atoms with Gasteiger partial charge in [-0.3, -0.25) is 0 Å². The summed E-state index contributed by atoms with van der Waals surface area (Å²) in [4.78, 5) is 0.738. The van der Waals surface area contributed by atoms with E-state index >= 15 is 0 Å². The fourth-order valence-corrected chi connectivity index (χ4v) is 2.13. The van der Waals surface area contributed by atoms with E-state index in [2.05, 4.69) is 0 Å². The van der Waals surface area contributed by atoms with Gasteiger partial charge < -0.3 is 0 Å². The van der Waals surface area contributed by atoms with Crippen LogP contribution < -0.4 is 0 Å². The third-order valence-electron chi connectivity index (χ3n) is 2.22. The second-order valence-corrected chi connectivity index (χ2v) is 4.57. The average molecular weight is 267 g/mol. The Morgan fingerprint density at radius 3 is 2.12 bits per heavy atom. The van der Waals surface area contributed by atoms with Crippen LogP contribution in [0.4, 0.5) is 0 Å². The van der Waals surface area contributed by atoms with Crippen LogP contribution in [0.15, 0.2) is 48.5 Å². The van der Waals surface area contributed by atoms with Gasteiger partial charge in [-0.25, -0.2) is 0 Å². The van der Waals surface area contributed by atoms with E-state index < -0.39 is 0 Å². The molecule has 0 saturated carbocycles. The Balaban J connectivity index is 2.40. The molecule has 2 aromatic carbocycles. The molecule has 0 aliphatic rings. The van der Waals surface area contributed by atoms with Gasteiger partial charge in [-0.15, -0.1) is 0 Å². The molecule has 3 heteroatoms. The molecule has 2 aromatic rings. The summed E-state index contributed by atoms with van der Waals surface area (Å²) in [5.41, 5.74) is 1.83. The van der Waals surface area contributed by atoms with Gasteiger partial charge in [0.25, 0.3) is 0 Å². The monoisotopic (exact) mass is 266 g/mol. The SMILES string of the molecule is S=C(c1ccc(Cl)cc1)c1ccccc1Cl. The molecule has 0 bridgehead atoms. The maximum Gasteiger partial charge on any atom is 0.0536 e. The summed E-state index contributed by atoms with van der Waals surface area (Å²) in [7, 11) is 0. The van der Waals surface area contributed by atoms with E-state index in [0.717, 1.165) is 16.0 Å². The van der Waals surface area contributed by atoms with Crippen LogP contribution in [0.25, 0.3) is 0 Å². The third-order valence-corrected chi connectivity index (χ3v) is 3.26. The molecule has 0 unspecified atom stereocenters. The van der Waals surface area contributed by atoms with Crippen molar-refractivity contribution in [1.82, 2.24) is 0 Å². The van der Waals surface area contributed by atoms with Crippen molar-refractivity contribution < 1.29 is 0 Å². The number of benzene rings is 2. The highest BCUT2D eigenvalue weighted by Gasteiger charge is 2.07. The van der Waals surface area contributed by atoms with E-state index in [-0.39, 0.29) is 0 Å². The van der Waals surface area contributed by atoms with Crippen molar-refractivity contribution in [2.24, 2.45) is 0 Å². The average Bonchev–Trinajstić information content (AvgIpc) is 2.30. The molecule has 0 spiro atoms. The Kier molecular flexibility index (Phi) is 3.59. The smallest absolute Gasteiger partial charge is 0.0536 e. The molecule has 0 N–H and O–H groups in total. The Bertz CT molecular complexity index is 518. The largest absolute Gasteiger partial charge is 0.0843 e. The molecule has 80 valence electrons. The summed E-state index contributed by atoms with van der Waals surface area (Å²) in [6.07, 6.45) is 0.